The van der Waals surface area contributed by atoms with Gasteiger partial charge in [0.2, 0.25) is 0 Å². The van der Waals surface area contributed by atoms with Gasteiger partial charge in [0.05, 0.1) is 6.42 Å². The van der Waals surface area contributed by atoms with Gasteiger partial charge in [0.25, 0.3) is 0 Å². The standard InChI is InChI=1S/C31H35NO5/c1-21-11-8-9-15-24(21)23(19-29(35)36)14-10-16-26(33)25-17-18-27(37-20-28(34)31(2,3)4)30(32-25)22-12-6-5-7-13-22/h5-9,11-13,15,17-18,23H,10,14,16,19-20H2,1-4H3,(H,35,36). The second kappa shape index (κ2) is 12.4. The fourth-order valence-corrected chi connectivity index (χ4v) is 4.14. The molecule has 3 aromatic rings. The van der Waals surface area contributed by atoms with Crippen molar-refractivity contribution < 1.29 is 24.2 Å². The first-order chi connectivity index (χ1) is 17.6. The summed E-state index contributed by atoms with van der Waals surface area (Å²) in [6.07, 6.45) is 1.41. The van der Waals surface area contributed by atoms with Gasteiger partial charge in [-0.1, -0.05) is 75.4 Å². The van der Waals surface area contributed by atoms with Crippen LogP contribution in [0.3, 0.4) is 0 Å². The molecule has 6 nitrogen and oxygen atoms in total. The molecule has 3 rings (SSSR count). The zero-order valence-corrected chi connectivity index (χ0v) is 22.0. The van der Waals surface area contributed by atoms with E-state index in [0.29, 0.717) is 30.0 Å². The summed E-state index contributed by atoms with van der Waals surface area (Å²) in [7, 11) is 0. The number of aliphatic carboxylic acids is 1. The molecule has 0 saturated heterocycles. The maximum absolute atomic E-state index is 13.1. The van der Waals surface area contributed by atoms with E-state index in [4.69, 9.17) is 4.74 Å². The number of aromatic nitrogens is 1. The smallest absolute Gasteiger partial charge is 0.303 e. The molecular weight excluding hydrogens is 466 g/mol. The normalized spacial score (nSPS) is 12.1. The number of ketones is 2. The van der Waals surface area contributed by atoms with Crippen LogP contribution in [0.2, 0.25) is 0 Å². The van der Waals surface area contributed by atoms with Crippen molar-refractivity contribution in [3.05, 3.63) is 83.6 Å². The van der Waals surface area contributed by atoms with E-state index in [1.807, 2.05) is 82.3 Å². The molecule has 0 radical (unpaired) electrons. The number of carboxylic acids is 1. The van der Waals surface area contributed by atoms with Crippen molar-refractivity contribution >= 4 is 17.5 Å². The fraction of sp³-hybridized carbons (Fsp3) is 0.355. The van der Waals surface area contributed by atoms with Crippen LogP contribution in [-0.2, 0) is 9.59 Å². The minimum Gasteiger partial charge on any atom is -0.484 e. The Labute approximate surface area is 218 Å². The number of carbonyl (C=O) groups is 3. The molecule has 1 unspecified atom stereocenters. The summed E-state index contributed by atoms with van der Waals surface area (Å²) in [5.74, 6) is -0.712. The molecule has 6 heteroatoms. The van der Waals surface area contributed by atoms with Gasteiger partial charge in [0.15, 0.2) is 11.6 Å². The SMILES string of the molecule is Cc1ccccc1C(CCCC(=O)c1ccc(OCC(=O)C(C)(C)C)c(-c2ccccc2)n1)CC(=O)O. The van der Waals surface area contributed by atoms with Gasteiger partial charge in [-0.2, -0.15) is 0 Å². The van der Waals surface area contributed by atoms with Crippen LogP contribution in [0.1, 0.15) is 74.0 Å². The van der Waals surface area contributed by atoms with Gasteiger partial charge in [0.1, 0.15) is 23.7 Å². The molecule has 0 aliphatic carbocycles. The van der Waals surface area contributed by atoms with Crippen LogP contribution in [0.5, 0.6) is 5.75 Å². The minimum absolute atomic E-state index is 0.0226. The van der Waals surface area contributed by atoms with E-state index < -0.39 is 11.4 Å². The Bertz CT molecular complexity index is 1240. The average Bonchev–Trinajstić information content (AvgIpc) is 2.86. The van der Waals surface area contributed by atoms with Crippen molar-refractivity contribution in [1.29, 1.82) is 0 Å². The third-order valence-electron chi connectivity index (χ3n) is 6.39. The molecule has 1 aromatic heterocycles. The van der Waals surface area contributed by atoms with Crippen molar-refractivity contribution in [3.8, 4) is 17.0 Å². The van der Waals surface area contributed by atoms with Gasteiger partial charge < -0.3 is 9.84 Å². The van der Waals surface area contributed by atoms with Crippen molar-refractivity contribution in [2.24, 2.45) is 5.41 Å². The first-order valence-corrected chi connectivity index (χ1v) is 12.6. The summed E-state index contributed by atoms with van der Waals surface area (Å²) in [6.45, 7) is 7.43. The van der Waals surface area contributed by atoms with E-state index in [0.717, 1.165) is 16.7 Å². The number of carbonyl (C=O) groups excluding carboxylic acids is 2. The molecule has 0 aliphatic heterocycles. The molecule has 37 heavy (non-hydrogen) atoms. The minimum atomic E-state index is -0.853. The Morgan fingerprint density at radius 2 is 1.62 bits per heavy atom. The van der Waals surface area contributed by atoms with Gasteiger partial charge in [-0.15, -0.1) is 0 Å². The third kappa shape index (κ3) is 7.84. The van der Waals surface area contributed by atoms with Gasteiger partial charge in [-0.3, -0.25) is 14.4 Å². The van der Waals surface area contributed by atoms with E-state index in [-0.39, 0.29) is 36.9 Å². The number of nitrogens with zero attached hydrogens (tertiary/aromatic N) is 1. The van der Waals surface area contributed by atoms with Crippen LogP contribution in [0.15, 0.2) is 66.7 Å². The highest BCUT2D eigenvalue weighted by Crippen LogP contribution is 2.31. The van der Waals surface area contributed by atoms with E-state index in [9.17, 15) is 19.5 Å². The maximum Gasteiger partial charge on any atom is 0.303 e. The van der Waals surface area contributed by atoms with E-state index in [1.165, 1.54) is 0 Å². The van der Waals surface area contributed by atoms with Gasteiger partial charge in [0, 0.05) is 17.4 Å². The Morgan fingerprint density at radius 3 is 2.27 bits per heavy atom. The summed E-state index contributed by atoms with van der Waals surface area (Å²) < 4.78 is 5.85. The second-order valence-corrected chi connectivity index (χ2v) is 10.3. The predicted molar refractivity (Wildman–Crippen MR) is 144 cm³/mol. The van der Waals surface area contributed by atoms with Gasteiger partial charge in [-0.05, 0) is 48.9 Å². The molecular formula is C31H35NO5. The van der Waals surface area contributed by atoms with E-state index in [1.54, 1.807) is 12.1 Å². The maximum atomic E-state index is 13.1. The molecule has 1 N–H and O–H groups in total. The summed E-state index contributed by atoms with van der Waals surface area (Å²) >= 11 is 0. The molecule has 0 saturated carbocycles. The van der Waals surface area contributed by atoms with E-state index >= 15 is 0 Å². The van der Waals surface area contributed by atoms with Crippen molar-refractivity contribution in [2.45, 2.75) is 59.3 Å². The number of ether oxygens (including phenoxy) is 1. The first kappa shape index (κ1) is 27.8. The summed E-state index contributed by atoms with van der Waals surface area (Å²) in [5.41, 5.74) is 3.16. The quantitative estimate of drug-likeness (QED) is 0.279. The molecule has 194 valence electrons. The second-order valence-electron chi connectivity index (χ2n) is 10.3. The Morgan fingerprint density at radius 1 is 0.946 bits per heavy atom. The number of pyridine rings is 1. The van der Waals surface area contributed by atoms with Crippen LogP contribution < -0.4 is 4.74 Å². The molecule has 0 aliphatic rings. The highest BCUT2D eigenvalue weighted by molar-refractivity contribution is 5.95. The number of carboxylic acid groups (broad SMARTS) is 1. The molecule has 1 heterocycles. The average molecular weight is 502 g/mol. The monoisotopic (exact) mass is 501 g/mol. The van der Waals surface area contributed by atoms with Crippen LogP contribution in [0, 0.1) is 12.3 Å². The zero-order valence-electron chi connectivity index (χ0n) is 22.0. The zero-order chi connectivity index (χ0) is 27.0. The lowest BCUT2D eigenvalue weighted by molar-refractivity contribution is -0.137. The highest BCUT2D eigenvalue weighted by atomic mass is 16.5. The molecule has 0 fully saturated rings. The van der Waals surface area contributed by atoms with E-state index in [2.05, 4.69) is 4.98 Å². The summed E-state index contributed by atoms with van der Waals surface area (Å²) in [5, 5.41) is 9.40. The number of hydrogen-bond donors (Lipinski definition) is 1. The topological polar surface area (TPSA) is 93.6 Å². The molecule has 0 amide bonds. The third-order valence-corrected chi connectivity index (χ3v) is 6.39. The Balaban J connectivity index is 1.75. The van der Waals surface area contributed by atoms with Crippen LogP contribution in [0.4, 0.5) is 0 Å². The number of benzene rings is 2. The number of hydrogen-bond acceptors (Lipinski definition) is 5. The number of aryl methyl sites for hydroxylation is 1. The first-order valence-electron chi connectivity index (χ1n) is 12.6. The lowest BCUT2D eigenvalue weighted by Crippen LogP contribution is -2.26. The van der Waals surface area contributed by atoms with Crippen LogP contribution >= 0.6 is 0 Å². The Hall–Kier alpha value is -3.80. The molecule has 0 bridgehead atoms. The fourth-order valence-electron chi connectivity index (χ4n) is 4.14. The summed E-state index contributed by atoms with van der Waals surface area (Å²) in [6, 6.07) is 20.5. The predicted octanol–water partition coefficient (Wildman–Crippen LogP) is 6.66. The lowest BCUT2D eigenvalue weighted by Gasteiger charge is -2.18. The van der Waals surface area contributed by atoms with Crippen molar-refractivity contribution in [3.63, 3.8) is 0 Å². The summed E-state index contributed by atoms with van der Waals surface area (Å²) in [4.78, 5) is 41.5. The largest absolute Gasteiger partial charge is 0.484 e. The van der Waals surface area contributed by atoms with Crippen molar-refractivity contribution in [1.82, 2.24) is 4.98 Å². The highest BCUT2D eigenvalue weighted by Gasteiger charge is 2.23. The van der Waals surface area contributed by atoms with Crippen LogP contribution in [0.25, 0.3) is 11.3 Å². The molecule has 0 spiro atoms. The van der Waals surface area contributed by atoms with Crippen LogP contribution in [-0.4, -0.2) is 34.2 Å². The Kier molecular flexibility index (Phi) is 9.34. The lowest BCUT2D eigenvalue weighted by atomic mass is 9.87. The van der Waals surface area contributed by atoms with Crippen molar-refractivity contribution in [2.75, 3.05) is 6.61 Å². The molecule has 1 atom stereocenters. The van der Waals surface area contributed by atoms with Gasteiger partial charge in [-0.25, -0.2) is 4.98 Å². The van der Waals surface area contributed by atoms with Gasteiger partial charge >= 0.3 is 5.97 Å². The number of rotatable bonds is 12. The number of Topliss-reactive ketones (excluding diaryl/α,β-unsaturated/α-hetero) is 2. The molecule has 2 aromatic carbocycles.